The van der Waals surface area contributed by atoms with Gasteiger partial charge in [-0.2, -0.15) is 0 Å². The van der Waals surface area contributed by atoms with Crippen LogP contribution in [-0.4, -0.2) is 62.0 Å². The Morgan fingerprint density at radius 2 is 1.85 bits per heavy atom. The maximum absolute atomic E-state index is 13.9. The maximum Gasteiger partial charge on any atom is 0.244 e. The number of benzene rings is 1. The molecule has 3 amide bonds. The number of likely N-dealkylation sites (tertiary alicyclic amines) is 1. The second kappa shape index (κ2) is 9.19. The normalized spacial score (nSPS) is 32.1. The molecule has 1 aromatic carbocycles. The monoisotopic (exact) mass is 487 g/mol. The van der Waals surface area contributed by atoms with E-state index in [-0.39, 0.29) is 29.1 Å². The zero-order valence-corrected chi connectivity index (χ0v) is 21.4. The third-order valence-electron chi connectivity index (χ3n) is 7.42. The fraction of sp³-hybridized carbons (Fsp3) is 0.654. The zero-order chi connectivity index (χ0) is 24.7. The number of amides is 3. The van der Waals surface area contributed by atoms with Crippen LogP contribution in [-0.2, 0) is 20.9 Å². The van der Waals surface area contributed by atoms with Gasteiger partial charge in [0.1, 0.15) is 6.04 Å². The first-order chi connectivity index (χ1) is 16.0. The molecule has 3 fully saturated rings. The molecule has 3 aliphatic heterocycles. The molecule has 34 heavy (non-hydrogen) atoms. The summed E-state index contributed by atoms with van der Waals surface area (Å²) in [6, 6.07) is 9.14. The number of carbonyl (C=O) groups excluding carboxylic acids is 3. The highest BCUT2D eigenvalue weighted by atomic mass is 32.2. The molecule has 8 heteroatoms. The van der Waals surface area contributed by atoms with Crippen molar-refractivity contribution in [2.75, 3.05) is 13.2 Å². The molecule has 0 saturated carbocycles. The summed E-state index contributed by atoms with van der Waals surface area (Å²) in [6.45, 7) is 8.77. The predicted octanol–water partition coefficient (Wildman–Crippen LogP) is 2.47. The molecular formula is C26H37N3O4S. The molecule has 0 aromatic heterocycles. The Labute approximate surface area is 206 Å². The SMILES string of the molecule is CC(C)(C)NC(=O)C1N(CCCCO)C(=O)[C@@H]2[C@@H](C(=O)NCc3ccccc3)[C@@]3(C)CCC12S3. The number of fused-ring (bicyclic) bond motifs is 1. The highest BCUT2D eigenvalue weighted by Crippen LogP contribution is 2.71. The molecular weight excluding hydrogens is 450 g/mol. The minimum atomic E-state index is -0.610. The van der Waals surface area contributed by atoms with E-state index in [0.29, 0.717) is 25.9 Å². The number of rotatable bonds is 8. The van der Waals surface area contributed by atoms with Gasteiger partial charge in [0, 0.05) is 30.0 Å². The van der Waals surface area contributed by atoms with Crippen molar-refractivity contribution in [3.63, 3.8) is 0 Å². The van der Waals surface area contributed by atoms with Gasteiger partial charge in [0.25, 0.3) is 0 Å². The Morgan fingerprint density at radius 3 is 2.50 bits per heavy atom. The number of unbranched alkanes of at least 4 members (excludes halogenated alkanes) is 1. The molecule has 3 aliphatic rings. The molecule has 3 heterocycles. The molecule has 4 rings (SSSR count). The van der Waals surface area contributed by atoms with E-state index < -0.39 is 28.2 Å². The Kier molecular flexibility index (Phi) is 6.77. The lowest BCUT2D eigenvalue weighted by Crippen LogP contribution is -2.57. The quantitative estimate of drug-likeness (QED) is 0.490. The predicted molar refractivity (Wildman–Crippen MR) is 133 cm³/mol. The third-order valence-corrected chi connectivity index (χ3v) is 9.41. The van der Waals surface area contributed by atoms with Gasteiger partial charge in [0.15, 0.2) is 0 Å². The summed E-state index contributed by atoms with van der Waals surface area (Å²) in [6.07, 6.45) is 2.73. The van der Waals surface area contributed by atoms with E-state index in [1.807, 2.05) is 51.1 Å². The number of carbonyl (C=O) groups is 3. The lowest BCUT2D eigenvalue weighted by atomic mass is 9.66. The number of aliphatic hydroxyl groups is 1. The van der Waals surface area contributed by atoms with Gasteiger partial charge in [0.05, 0.1) is 16.6 Å². The highest BCUT2D eigenvalue weighted by Gasteiger charge is 2.77. The lowest BCUT2D eigenvalue weighted by Gasteiger charge is -2.36. The fourth-order valence-electron chi connectivity index (χ4n) is 6.09. The second-order valence-electron chi connectivity index (χ2n) is 11.1. The molecule has 5 atom stereocenters. The molecule has 3 saturated heterocycles. The third kappa shape index (κ3) is 4.35. The topological polar surface area (TPSA) is 98.7 Å². The second-order valence-corrected chi connectivity index (χ2v) is 13.0. The summed E-state index contributed by atoms with van der Waals surface area (Å²) in [5.41, 5.74) is 0.584. The Bertz CT molecular complexity index is 949. The van der Waals surface area contributed by atoms with E-state index in [9.17, 15) is 19.5 Å². The van der Waals surface area contributed by atoms with Crippen molar-refractivity contribution in [2.45, 2.75) is 81.0 Å². The summed E-state index contributed by atoms with van der Waals surface area (Å²) < 4.78 is -0.978. The van der Waals surface area contributed by atoms with Crippen molar-refractivity contribution in [1.82, 2.24) is 15.5 Å². The summed E-state index contributed by atoms with van der Waals surface area (Å²) in [7, 11) is 0. The summed E-state index contributed by atoms with van der Waals surface area (Å²) in [4.78, 5) is 42.7. The molecule has 3 N–H and O–H groups in total. The smallest absolute Gasteiger partial charge is 0.244 e. The van der Waals surface area contributed by atoms with E-state index in [1.54, 1.807) is 16.7 Å². The van der Waals surface area contributed by atoms with Crippen LogP contribution in [0.1, 0.15) is 58.9 Å². The van der Waals surface area contributed by atoms with Gasteiger partial charge in [-0.15, -0.1) is 11.8 Å². The van der Waals surface area contributed by atoms with Gasteiger partial charge in [-0.1, -0.05) is 30.3 Å². The molecule has 1 spiro atoms. The first-order valence-corrected chi connectivity index (χ1v) is 13.1. The zero-order valence-electron chi connectivity index (χ0n) is 20.6. The average Bonchev–Trinajstić information content (AvgIpc) is 3.33. The Hall–Kier alpha value is -2.06. The molecule has 2 unspecified atom stereocenters. The number of nitrogens with zero attached hydrogens (tertiary/aromatic N) is 1. The van der Waals surface area contributed by atoms with Gasteiger partial charge in [-0.25, -0.2) is 0 Å². The van der Waals surface area contributed by atoms with E-state index in [4.69, 9.17) is 0 Å². The minimum absolute atomic E-state index is 0.0484. The van der Waals surface area contributed by atoms with E-state index in [0.717, 1.165) is 18.4 Å². The summed E-state index contributed by atoms with van der Waals surface area (Å²) >= 11 is 1.69. The van der Waals surface area contributed by atoms with E-state index in [1.165, 1.54) is 0 Å². The molecule has 0 aliphatic carbocycles. The maximum atomic E-state index is 13.9. The van der Waals surface area contributed by atoms with Gasteiger partial charge in [-0.05, 0) is 58.9 Å². The number of aliphatic hydroxyl groups excluding tert-OH is 1. The molecule has 1 aromatic rings. The van der Waals surface area contributed by atoms with Crippen LogP contribution in [0.15, 0.2) is 30.3 Å². The number of nitrogens with one attached hydrogen (secondary N) is 2. The Morgan fingerprint density at radius 1 is 1.15 bits per heavy atom. The molecule has 186 valence electrons. The lowest BCUT2D eigenvalue weighted by molar-refractivity contribution is -0.141. The van der Waals surface area contributed by atoms with Crippen molar-refractivity contribution in [2.24, 2.45) is 11.8 Å². The van der Waals surface area contributed by atoms with E-state index in [2.05, 4.69) is 17.6 Å². The minimum Gasteiger partial charge on any atom is -0.396 e. The number of thioether (sulfide) groups is 1. The standard InChI is InChI=1S/C26H37N3O4S/c1-24(2,3)28-22(32)20-26-13-12-25(4,34-26)18(19(26)23(33)29(20)14-8-9-15-30)21(31)27-16-17-10-6-5-7-11-17/h5-7,10-11,18-20,30H,8-9,12-16H2,1-4H3,(H,27,31)(H,28,32)/t18-,19-,20?,25+,26?/m0/s1. The molecule has 2 bridgehead atoms. The molecule has 7 nitrogen and oxygen atoms in total. The van der Waals surface area contributed by atoms with Crippen LogP contribution >= 0.6 is 11.8 Å². The van der Waals surface area contributed by atoms with Crippen LogP contribution in [0.5, 0.6) is 0 Å². The first kappa shape index (κ1) is 25.0. The van der Waals surface area contributed by atoms with E-state index >= 15 is 0 Å². The van der Waals surface area contributed by atoms with Crippen LogP contribution in [0.25, 0.3) is 0 Å². The largest absolute Gasteiger partial charge is 0.396 e. The highest BCUT2D eigenvalue weighted by molar-refractivity contribution is 8.02. The van der Waals surface area contributed by atoms with Crippen molar-refractivity contribution in [3.8, 4) is 0 Å². The summed E-state index contributed by atoms with van der Waals surface area (Å²) in [5.74, 6) is -1.34. The van der Waals surface area contributed by atoms with Gasteiger partial charge in [-0.3, -0.25) is 14.4 Å². The first-order valence-electron chi connectivity index (χ1n) is 12.3. The number of hydrogen-bond donors (Lipinski definition) is 3. The Balaban J connectivity index is 1.63. The average molecular weight is 488 g/mol. The van der Waals surface area contributed by atoms with Gasteiger partial charge in [0.2, 0.25) is 17.7 Å². The van der Waals surface area contributed by atoms with Crippen LogP contribution in [0.3, 0.4) is 0 Å². The van der Waals surface area contributed by atoms with Crippen molar-refractivity contribution in [3.05, 3.63) is 35.9 Å². The van der Waals surface area contributed by atoms with Gasteiger partial charge < -0.3 is 20.6 Å². The summed E-state index contributed by atoms with van der Waals surface area (Å²) in [5, 5.41) is 15.4. The van der Waals surface area contributed by atoms with Crippen molar-refractivity contribution >= 4 is 29.5 Å². The van der Waals surface area contributed by atoms with Crippen molar-refractivity contribution in [1.29, 1.82) is 0 Å². The van der Waals surface area contributed by atoms with Gasteiger partial charge >= 0.3 is 0 Å². The fourth-order valence-corrected chi connectivity index (χ4v) is 8.45. The van der Waals surface area contributed by atoms with Crippen LogP contribution in [0, 0.1) is 11.8 Å². The molecule has 0 radical (unpaired) electrons. The number of hydrogen-bond acceptors (Lipinski definition) is 5. The van der Waals surface area contributed by atoms with Crippen LogP contribution in [0.2, 0.25) is 0 Å². The van der Waals surface area contributed by atoms with Crippen molar-refractivity contribution < 1.29 is 19.5 Å². The van der Waals surface area contributed by atoms with Crippen LogP contribution in [0.4, 0.5) is 0 Å². The van der Waals surface area contributed by atoms with Crippen LogP contribution < -0.4 is 10.6 Å².